The Balaban J connectivity index is 1.80. The fourth-order valence-corrected chi connectivity index (χ4v) is 5.24. The van der Waals surface area contributed by atoms with Crippen LogP contribution in [0.15, 0.2) is 48.7 Å². The molecule has 148 valence electrons. The third kappa shape index (κ3) is 2.62. The van der Waals surface area contributed by atoms with Crippen molar-refractivity contribution >= 4 is 5.69 Å². The second-order valence-electron chi connectivity index (χ2n) is 8.10. The molecule has 0 saturated carbocycles. The van der Waals surface area contributed by atoms with Crippen LogP contribution in [-0.4, -0.2) is 33.3 Å². The quantitative estimate of drug-likeness (QED) is 0.662. The number of benzene rings is 2. The van der Waals surface area contributed by atoms with Gasteiger partial charge in [-0.1, -0.05) is 30.3 Å². The summed E-state index contributed by atoms with van der Waals surface area (Å²) in [5.74, 6) is 2.14. The third-order valence-corrected chi connectivity index (χ3v) is 6.48. The first-order valence-corrected chi connectivity index (χ1v) is 10.1. The summed E-state index contributed by atoms with van der Waals surface area (Å²) >= 11 is 0. The number of pyridine rings is 1. The van der Waals surface area contributed by atoms with E-state index in [9.17, 15) is 0 Å². The van der Waals surface area contributed by atoms with Crippen molar-refractivity contribution in [3.8, 4) is 11.5 Å². The fourth-order valence-electron chi connectivity index (χ4n) is 5.24. The summed E-state index contributed by atoms with van der Waals surface area (Å²) in [5, 5.41) is 0. The van der Waals surface area contributed by atoms with Gasteiger partial charge >= 0.3 is 0 Å². The molecule has 4 nitrogen and oxygen atoms in total. The highest BCUT2D eigenvalue weighted by molar-refractivity contribution is 5.66. The first kappa shape index (κ1) is 18.0. The second kappa shape index (κ2) is 6.80. The molecule has 0 radical (unpaired) electrons. The van der Waals surface area contributed by atoms with E-state index in [0.717, 1.165) is 24.3 Å². The smallest absolute Gasteiger partial charge is 0.164 e. The maximum Gasteiger partial charge on any atom is 0.164 e. The summed E-state index contributed by atoms with van der Waals surface area (Å²) in [5.41, 5.74) is 9.26. The van der Waals surface area contributed by atoms with E-state index in [-0.39, 0.29) is 11.8 Å². The number of methoxy groups -OCH3 is 2. The molecule has 1 heterocycles. The van der Waals surface area contributed by atoms with Crippen LogP contribution in [0.25, 0.3) is 0 Å². The molecule has 3 aliphatic carbocycles. The standard InChI is InChI=1S/C25H26N2O2/c1-27(2)21-11-12-26-24-20-14-18-15(9-10-22(28-3)25(18)29-4)13-19(23(21)24)16-7-5-6-8-17(16)20/h5-12,19-20H,13-14H2,1-4H3. The number of hydrogen-bond acceptors (Lipinski definition) is 4. The van der Waals surface area contributed by atoms with Crippen molar-refractivity contribution in [2.75, 3.05) is 33.2 Å². The Kier molecular flexibility index (Phi) is 4.23. The van der Waals surface area contributed by atoms with E-state index in [1.807, 2.05) is 12.3 Å². The van der Waals surface area contributed by atoms with Gasteiger partial charge < -0.3 is 14.4 Å². The number of rotatable bonds is 3. The third-order valence-electron chi connectivity index (χ3n) is 6.48. The molecule has 4 heteroatoms. The second-order valence-corrected chi connectivity index (χ2v) is 8.10. The van der Waals surface area contributed by atoms with Crippen molar-refractivity contribution in [1.82, 2.24) is 4.98 Å². The lowest BCUT2D eigenvalue weighted by molar-refractivity contribution is 0.350. The van der Waals surface area contributed by atoms with Crippen molar-refractivity contribution in [2.45, 2.75) is 24.7 Å². The number of aromatic nitrogens is 1. The molecule has 0 aliphatic heterocycles. The lowest BCUT2D eigenvalue weighted by atomic mass is 9.67. The largest absolute Gasteiger partial charge is 0.493 e. The Morgan fingerprint density at radius 3 is 2.34 bits per heavy atom. The summed E-state index contributed by atoms with van der Waals surface area (Å²) < 4.78 is 11.4. The van der Waals surface area contributed by atoms with Crippen LogP contribution in [0.2, 0.25) is 0 Å². The van der Waals surface area contributed by atoms with E-state index >= 15 is 0 Å². The zero-order valence-electron chi connectivity index (χ0n) is 17.4. The molecule has 6 rings (SSSR count). The fraction of sp³-hybridized carbons (Fsp3) is 0.320. The van der Waals surface area contributed by atoms with Gasteiger partial charge in [0.15, 0.2) is 11.5 Å². The van der Waals surface area contributed by atoms with E-state index in [2.05, 4.69) is 55.4 Å². The van der Waals surface area contributed by atoms with Gasteiger partial charge in [-0.3, -0.25) is 4.98 Å². The molecule has 0 N–H and O–H groups in total. The lowest BCUT2D eigenvalue weighted by Crippen LogP contribution is -2.28. The van der Waals surface area contributed by atoms with Crippen molar-refractivity contribution < 1.29 is 9.47 Å². The maximum absolute atomic E-state index is 5.82. The van der Waals surface area contributed by atoms with Gasteiger partial charge in [-0.2, -0.15) is 0 Å². The van der Waals surface area contributed by atoms with Gasteiger partial charge in [0.05, 0.1) is 19.9 Å². The van der Waals surface area contributed by atoms with Crippen LogP contribution in [0.1, 0.15) is 45.3 Å². The molecule has 0 fully saturated rings. The molecular weight excluding hydrogens is 360 g/mol. The Labute approximate surface area is 172 Å². The molecule has 29 heavy (non-hydrogen) atoms. The van der Waals surface area contributed by atoms with Crippen molar-refractivity contribution in [1.29, 1.82) is 0 Å². The number of nitrogens with zero attached hydrogens (tertiary/aromatic N) is 2. The summed E-state index contributed by atoms with van der Waals surface area (Å²) in [4.78, 5) is 7.14. The van der Waals surface area contributed by atoms with Crippen molar-refractivity contribution in [3.63, 3.8) is 0 Å². The zero-order valence-corrected chi connectivity index (χ0v) is 17.4. The normalized spacial score (nSPS) is 18.8. The van der Waals surface area contributed by atoms with Crippen molar-refractivity contribution in [2.24, 2.45) is 0 Å². The predicted molar refractivity (Wildman–Crippen MR) is 116 cm³/mol. The van der Waals surface area contributed by atoms with Gasteiger partial charge in [-0.25, -0.2) is 0 Å². The van der Waals surface area contributed by atoms with E-state index in [1.54, 1.807) is 14.2 Å². The van der Waals surface area contributed by atoms with Gasteiger partial charge in [0.1, 0.15) is 0 Å². The highest BCUT2D eigenvalue weighted by atomic mass is 16.5. The van der Waals surface area contributed by atoms with Gasteiger partial charge in [-0.05, 0) is 41.7 Å². The van der Waals surface area contributed by atoms with Crippen LogP contribution >= 0.6 is 0 Å². The van der Waals surface area contributed by atoms with Crippen molar-refractivity contribution in [3.05, 3.63) is 82.2 Å². The first-order valence-electron chi connectivity index (χ1n) is 10.1. The molecule has 3 aliphatic rings. The molecule has 3 aromatic rings. The minimum Gasteiger partial charge on any atom is -0.493 e. The Hall–Kier alpha value is -3.01. The van der Waals surface area contributed by atoms with Gasteiger partial charge in [0.25, 0.3) is 0 Å². The van der Waals surface area contributed by atoms with Gasteiger partial charge in [-0.15, -0.1) is 0 Å². The minimum absolute atomic E-state index is 0.206. The molecule has 2 aromatic carbocycles. The predicted octanol–water partition coefficient (Wildman–Crippen LogP) is 4.54. The summed E-state index contributed by atoms with van der Waals surface area (Å²) in [6, 6.07) is 15.3. The van der Waals surface area contributed by atoms with Crippen LogP contribution in [0.3, 0.4) is 0 Å². The van der Waals surface area contributed by atoms with Gasteiger partial charge in [0.2, 0.25) is 0 Å². The molecule has 0 saturated heterocycles. The van der Waals surface area contributed by atoms with Crippen LogP contribution in [-0.2, 0) is 12.8 Å². The molecular formula is C25H26N2O2. The average molecular weight is 386 g/mol. The number of anilines is 1. The lowest BCUT2D eigenvalue weighted by Gasteiger charge is -2.39. The topological polar surface area (TPSA) is 34.6 Å². The Morgan fingerprint density at radius 2 is 1.66 bits per heavy atom. The van der Waals surface area contributed by atoms with Crippen LogP contribution in [0.4, 0.5) is 5.69 Å². The summed E-state index contributed by atoms with van der Waals surface area (Å²) in [6.07, 6.45) is 3.74. The van der Waals surface area contributed by atoms with Crippen LogP contribution in [0, 0.1) is 0 Å². The number of hydrogen-bond donors (Lipinski definition) is 0. The van der Waals surface area contributed by atoms with E-state index in [4.69, 9.17) is 14.5 Å². The van der Waals surface area contributed by atoms with Crippen LogP contribution < -0.4 is 14.4 Å². The monoisotopic (exact) mass is 386 g/mol. The SMILES string of the molecule is COc1ccc2c(c1OC)CC1c3ccccc3C(C2)c2c(N(C)C)ccnc21. The van der Waals surface area contributed by atoms with Gasteiger partial charge in [0, 0.05) is 48.9 Å². The number of ether oxygens (including phenoxy) is 2. The summed E-state index contributed by atoms with van der Waals surface area (Å²) in [7, 11) is 7.68. The van der Waals surface area contributed by atoms with E-state index < -0.39 is 0 Å². The maximum atomic E-state index is 5.82. The highest BCUT2D eigenvalue weighted by Crippen LogP contribution is 2.52. The van der Waals surface area contributed by atoms with E-state index in [0.29, 0.717) is 0 Å². The molecule has 1 aromatic heterocycles. The molecule has 2 unspecified atom stereocenters. The first-order chi connectivity index (χ1) is 14.1. The minimum atomic E-state index is 0.206. The average Bonchev–Trinajstić information content (AvgIpc) is 2.73. The van der Waals surface area contributed by atoms with Crippen LogP contribution in [0.5, 0.6) is 11.5 Å². The Morgan fingerprint density at radius 1 is 0.897 bits per heavy atom. The molecule has 2 bridgehead atoms. The molecule has 2 atom stereocenters. The Bertz CT molecular complexity index is 1090. The highest BCUT2D eigenvalue weighted by Gasteiger charge is 2.39. The molecule has 0 amide bonds. The zero-order chi connectivity index (χ0) is 20.1. The molecule has 0 spiro atoms. The summed E-state index contributed by atoms with van der Waals surface area (Å²) in [6.45, 7) is 0. The van der Waals surface area contributed by atoms with E-state index in [1.165, 1.54) is 39.2 Å².